The predicted octanol–water partition coefficient (Wildman–Crippen LogP) is 0.561. The van der Waals surface area contributed by atoms with Crippen molar-refractivity contribution in [2.24, 2.45) is 5.73 Å². The molecular formula is C25H27NO10. The third-order valence-electron chi connectivity index (χ3n) is 7.20. The highest BCUT2D eigenvalue weighted by Crippen LogP contribution is 2.53. The van der Waals surface area contributed by atoms with Gasteiger partial charge in [-0.05, 0) is 13.0 Å². The lowest BCUT2D eigenvalue weighted by Crippen LogP contribution is -2.52. The third kappa shape index (κ3) is 3.51. The van der Waals surface area contributed by atoms with Crippen molar-refractivity contribution in [3.8, 4) is 17.2 Å². The lowest BCUT2D eigenvalue weighted by Gasteiger charge is -2.40. The number of methoxy groups -OCH3 is 1. The number of ketones is 2. The SMILES string of the molecule is COc1cccc2c1C(=O)c1c(O)c3c(c(O)c1C2=O)[C@H](O)[C@H](O)C[C@@H]3O[C@H]1C[C@H](N)[C@H](O)[C@H](C)O1. The van der Waals surface area contributed by atoms with Gasteiger partial charge in [0, 0.05) is 35.6 Å². The van der Waals surface area contributed by atoms with Crippen LogP contribution in [0.15, 0.2) is 18.2 Å². The van der Waals surface area contributed by atoms with Gasteiger partial charge in [-0.2, -0.15) is 0 Å². The molecule has 0 spiro atoms. The Labute approximate surface area is 205 Å². The largest absolute Gasteiger partial charge is 0.507 e. The van der Waals surface area contributed by atoms with E-state index in [9.17, 15) is 35.1 Å². The fraction of sp³-hybridized carbons (Fsp3) is 0.440. The van der Waals surface area contributed by atoms with Gasteiger partial charge in [0.1, 0.15) is 23.4 Å². The minimum atomic E-state index is -1.67. The fourth-order valence-corrected chi connectivity index (χ4v) is 5.35. The number of benzene rings is 2. The summed E-state index contributed by atoms with van der Waals surface area (Å²) in [6.45, 7) is 1.61. The van der Waals surface area contributed by atoms with E-state index in [1.807, 2.05) is 0 Å². The molecule has 0 amide bonds. The highest BCUT2D eigenvalue weighted by molar-refractivity contribution is 6.31. The second-order valence-corrected chi connectivity index (χ2v) is 9.35. The minimum Gasteiger partial charge on any atom is -0.507 e. The van der Waals surface area contributed by atoms with Gasteiger partial charge in [-0.25, -0.2) is 0 Å². The highest BCUT2D eigenvalue weighted by Gasteiger charge is 2.46. The smallest absolute Gasteiger partial charge is 0.202 e. The number of phenols is 2. The summed E-state index contributed by atoms with van der Waals surface area (Å²) in [5, 5.41) is 53.8. The number of rotatable bonds is 3. The fourth-order valence-electron chi connectivity index (χ4n) is 5.35. The van der Waals surface area contributed by atoms with Crippen molar-refractivity contribution in [1.29, 1.82) is 0 Å². The molecule has 2 aromatic carbocycles. The standard InChI is InChI=1S/C25H27NO10/c1-8-20(28)10(26)6-14(35-8)36-13-7-11(27)22(30)17-16(13)24(32)19-18(25(17)33)21(29)9-4-3-5-12(34-2)15(9)23(19)31/h3-5,8,10-11,13-14,20,22,27-28,30,32-33H,6-7,26H2,1-2H3/t8-,10-,11+,13-,14-,20+,22+/m0/s1. The van der Waals surface area contributed by atoms with Gasteiger partial charge in [-0.1, -0.05) is 12.1 Å². The first kappa shape index (κ1) is 24.6. The second kappa shape index (κ2) is 8.80. The molecule has 7 N–H and O–H groups in total. The summed E-state index contributed by atoms with van der Waals surface area (Å²) in [7, 11) is 1.33. The monoisotopic (exact) mass is 501 g/mol. The molecule has 192 valence electrons. The van der Waals surface area contributed by atoms with Crippen LogP contribution >= 0.6 is 0 Å². The summed E-state index contributed by atoms with van der Waals surface area (Å²) in [5.41, 5.74) is 4.51. The number of ether oxygens (including phenoxy) is 3. The number of nitrogens with two attached hydrogens (primary N) is 1. The maximum atomic E-state index is 13.5. The van der Waals surface area contributed by atoms with Crippen LogP contribution in [0.5, 0.6) is 17.2 Å². The van der Waals surface area contributed by atoms with Crippen molar-refractivity contribution in [3.05, 3.63) is 51.6 Å². The molecule has 1 aliphatic heterocycles. The van der Waals surface area contributed by atoms with Gasteiger partial charge in [0.25, 0.3) is 0 Å². The van der Waals surface area contributed by atoms with Gasteiger partial charge < -0.3 is 45.5 Å². The van der Waals surface area contributed by atoms with Gasteiger partial charge >= 0.3 is 0 Å². The Morgan fingerprint density at radius 3 is 2.31 bits per heavy atom. The molecule has 0 saturated carbocycles. The van der Waals surface area contributed by atoms with Crippen molar-refractivity contribution in [3.63, 3.8) is 0 Å². The van der Waals surface area contributed by atoms with E-state index in [1.54, 1.807) is 6.92 Å². The Balaban J connectivity index is 1.66. The number of hydrogen-bond donors (Lipinski definition) is 6. The van der Waals surface area contributed by atoms with E-state index in [0.717, 1.165) is 0 Å². The first-order valence-corrected chi connectivity index (χ1v) is 11.6. The van der Waals surface area contributed by atoms with Gasteiger partial charge in [-0.3, -0.25) is 9.59 Å². The maximum absolute atomic E-state index is 13.5. The third-order valence-corrected chi connectivity index (χ3v) is 7.20. The van der Waals surface area contributed by atoms with Crippen LogP contribution in [0.2, 0.25) is 0 Å². The summed E-state index contributed by atoms with van der Waals surface area (Å²) in [4.78, 5) is 26.9. The van der Waals surface area contributed by atoms with Crippen LogP contribution in [0.1, 0.15) is 74.9 Å². The molecule has 1 heterocycles. The van der Waals surface area contributed by atoms with Crippen molar-refractivity contribution in [2.45, 2.75) is 62.6 Å². The van der Waals surface area contributed by atoms with Gasteiger partial charge in [0.15, 0.2) is 12.1 Å². The normalized spacial score (nSPS) is 31.4. The van der Waals surface area contributed by atoms with Crippen LogP contribution < -0.4 is 10.5 Å². The van der Waals surface area contributed by atoms with E-state index in [1.165, 1.54) is 25.3 Å². The Hall–Kier alpha value is -3.06. The van der Waals surface area contributed by atoms with Crippen LogP contribution in [0, 0.1) is 0 Å². The van der Waals surface area contributed by atoms with Crippen molar-refractivity contribution < 1.29 is 49.3 Å². The lowest BCUT2D eigenvalue weighted by atomic mass is 9.75. The van der Waals surface area contributed by atoms with Gasteiger partial charge in [0.05, 0.1) is 48.2 Å². The molecule has 36 heavy (non-hydrogen) atoms. The summed E-state index contributed by atoms with van der Waals surface area (Å²) < 4.78 is 16.9. The molecule has 11 heteroatoms. The number of aromatic hydroxyl groups is 2. The molecular weight excluding hydrogens is 474 g/mol. The Morgan fingerprint density at radius 2 is 1.64 bits per heavy atom. The average molecular weight is 501 g/mol. The summed E-state index contributed by atoms with van der Waals surface area (Å²) in [5.74, 6) is -2.76. The maximum Gasteiger partial charge on any atom is 0.202 e. The Morgan fingerprint density at radius 1 is 0.972 bits per heavy atom. The van der Waals surface area contributed by atoms with E-state index in [0.29, 0.717) is 0 Å². The van der Waals surface area contributed by atoms with Gasteiger partial charge in [-0.15, -0.1) is 0 Å². The molecule has 0 aromatic heterocycles. The number of hydrogen-bond acceptors (Lipinski definition) is 11. The highest BCUT2D eigenvalue weighted by atomic mass is 16.7. The molecule has 5 rings (SSSR count). The first-order valence-electron chi connectivity index (χ1n) is 11.6. The average Bonchev–Trinajstić information content (AvgIpc) is 2.84. The minimum absolute atomic E-state index is 0.0303. The zero-order valence-corrected chi connectivity index (χ0v) is 19.5. The van der Waals surface area contributed by atoms with Crippen LogP contribution in [-0.4, -0.2) is 74.9 Å². The van der Waals surface area contributed by atoms with Crippen molar-refractivity contribution in [1.82, 2.24) is 0 Å². The summed E-state index contributed by atoms with van der Waals surface area (Å²) in [6.07, 6.45) is -6.88. The lowest BCUT2D eigenvalue weighted by molar-refractivity contribution is -0.246. The zero-order chi connectivity index (χ0) is 26.0. The molecule has 1 fully saturated rings. The molecule has 2 aromatic rings. The summed E-state index contributed by atoms with van der Waals surface area (Å²) in [6, 6.07) is 3.74. The van der Waals surface area contributed by atoms with E-state index >= 15 is 0 Å². The van der Waals surface area contributed by atoms with Crippen molar-refractivity contribution >= 4 is 11.6 Å². The van der Waals surface area contributed by atoms with Crippen LogP contribution in [0.25, 0.3) is 0 Å². The van der Waals surface area contributed by atoms with Gasteiger partial charge in [0.2, 0.25) is 5.78 Å². The molecule has 2 aliphatic carbocycles. The van der Waals surface area contributed by atoms with E-state index < -0.39 is 77.0 Å². The van der Waals surface area contributed by atoms with E-state index in [2.05, 4.69) is 0 Å². The number of carbonyl (C=O) groups is 2. The van der Waals surface area contributed by atoms with E-state index in [-0.39, 0.29) is 40.8 Å². The number of aliphatic hydroxyl groups is 3. The number of phenolic OH excluding ortho intramolecular Hbond substituents is 2. The zero-order valence-electron chi connectivity index (χ0n) is 19.5. The van der Waals surface area contributed by atoms with Crippen LogP contribution in [0.3, 0.4) is 0 Å². The van der Waals surface area contributed by atoms with E-state index in [4.69, 9.17) is 19.9 Å². The molecule has 3 aliphatic rings. The molecule has 11 nitrogen and oxygen atoms in total. The Kier molecular flexibility index (Phi) is 6.02. The molecule has 1 saturated heterocycles. The second-order valence-electron chi connectivity index (χ2n) is 9.35. The molecule has 0 bridgehead atoms. The first-order chi connectivity index (χ1) is 17.1. The van der Waals surface area contributed by atoms with Crippen molar-refractivity contribution in [2.75, 3.05) is 7.11 Å². The molecule has 0 unspecified atom stereocenters. The van der Waals surface area contributed by atoms with Crippen LogP contribution in [0.4, 0.5) is 0 Å². The predicted molar refractivity (Wildman–Crippen MR) is 122 cm³/mol. The Bertz CT molecular complexity index is 1250. The molecule has 0 radical (unpaired) electrons. The van der Waals surface area contributed by atoms with Crippen LogP contribution in [-0.2, 0) is 9.47 Å². The number of fused-ring (bicyclic) bond motifs is 3. The topological polar surface area (TPSA) is 189 Å². The quantitative estimate of drug-likeness (QED) is 0.275. The molecule has 7 atom stereocenters. The summed E-state index contributed by atoms with van der Waals surface area (Å²) >= 11 is 0. The number of carbonyl (C=O) groups excluding carboxylic acids is 2. The number of aliphatic hydroxyl groups excluding tert-OH is 3.